The molecule has 1 unspecified atom stereocenters. The third kappa shape index (κ3) is 2.19. The summed E-state index contributed by atoms with van der Waals surface area (Å²) in [5.41, 5.74) is 0.221. The number of alkyl halides is 3. The molecule has 1 aromatic carbocycles. The van der Waals surface area contributed by atoms with E-state index in [1.807, 2.05) is 0 Å². The Morgan fingerprint density at radius 3 is 2.88 bits per heavy atom. The minimum atomic E-state index is -4.40. The van der Waals surface area contributed by atoms with Crippen molar-refractivity contribution in [1.29, 1.82) is 0 Å². The Hall–Kier alpha value is -2.42. The highest BCUT2D eigenvalue weighted by Gasteiger charge is 2.32. The number of benzene rings is 1. The van der Waals surface area contributed by atoms with Gasteiger partial charge in [0.2, 0.25) is 0 Å². The lowest BCUT2D eigenvalue weighted by molar-refractivity contribution is -0.137. The van der Waals surface area contributed by atoms with Crippen LogP contribution in [0.15, 0.2) is 35.4 Å². The minimum Gasteiger partial charge on any atom is -0.309 e. The highest BCUT2D eigenvalue weighted by Crippen LogP contribution is 2.34. The molecule has 3 aromatic rings. The molecule has 124 valence electrons. The Morgan fingerprint density at radius 1 is 1.33 bits per heavy atom. The summed E-state index contributed by atoms with van der Waals surface area (Å²) in [7, 11) is 0. The fourth-order valence-corrected chi connectivity index (χ4v) is 3.45. The smallest absolute Gasteiger partial charge is 0.309 e. The van der Waals surface area contributed by atoms with Crippen LogP contribution < -0.4 is 5.56 Å². The molecule has 0 saturated carbocycles. The average molecular weight is 352 g/mol. The van der Waals surface area contributed by atoms with Crippen molar-refractivity contribution in [3.05, 3.63) is 56.8 Å². The number of hydrogen-bond acceptors (Lipinski definition) is 3. The number of imidazole rings is 1. The second-order valence-electron chi connectivity index (χ2n) is 5.66. The monoisotopic (exact) mass is 352 g/mol. The summed E-state index contributed by atoms with van der Waals surface area (Å²) in [6.07, 6.45) is -2.36. The first-order valence-corrected chi connectivity index (χ1v) is 7.64. The second-order valence-corrected chi connectivity index (χ2v) is 6.05. The molecule has 0 saturated heterocycles. The molecule has 0 amide bonds. The molecule has 0 radical (unpaired) electrons. The second kappa shape index (κ2) is 5.04. The van der Waals surface area contributed by atoms with Gasteiger partial charge in [0.1, 0.15) is 5.65 Å². The molecule has 1 aliphatic heterocycles. The number of H-pyrrole nitrogens is 1. The van der Waals surface area contributed by atoms with Crippen LogP contribution in [-0.2, 0) is 12.7 Å². The van der Waals surface area contributed by atoms with Gasteiger partial charge in [-0.2, -0.15) is 13.2 Å². The third-order valence-corrected chi connectivity index (χ3v) is 4.59. The molecule has 3 heterocycles. The molecule has 5 nitrogen and oxygen atoms in total. The van der Waals surface area contributed by atoms with Gasteiger partial charge in [-0.25, -0.2) is 4.98 Å². The van der Waals surface area contributed by atoms with E-state index in [0.29, 0.717) is 24.2 Å². The lowest BCUT2D eigenvalue weighted by Gasteiger charge is -2.27. The predicted octanol–water partition coefficient (Wildman–Crippen LogP) is 3.27. The maximum atomic E-state index is 13.0. The molecule has 4 rings (SSSR count). The lowest BCUT2D eigenvalue weighted by Crippen LogP contribution is -2.24. The molecule has 2 aromatic heterocycles. The largest absolute Gasteiger partial charge is 0.416 e. The molecule has 0 bridgehead atoms. The molecule has 24 heavy (non-hydrogen) atoms. The van der Waals surface area contributed by atoms with Crippen LogP contribution in [-0.4, -0.2) is 19.1 Å². The summed E-state index contributed by atoms with van der Waals surface area (Å²) >= 11 is 5.17. The third-order valence-electron chi connectivity index (χ3n) is 4.26. The normalized spacial score (nSPS) is 17.4. The number of aryl methyl sites for hydroxylation is 1. The maximum Gasteiger partial charge on any atom is 0.416 e. The van der Waals surface area contributed by atoms with Crippen LogP contribution in [0.2, 0.25) is 0 Å². The van der Waals surface area contributed by atoms with Crippen LogP contribution in [0.4, 0.5) is 13.2 Å². The van der Waals surface area contributed by atoms with Gasteiger partial charge in [-0.1, -0.05) is 12.1 Å². The Balaban J connectivity index is 1.92. The number of nitrogens with zero attached hydrogens (tertiary/aromatic N) is 3. The van der Waals surface area contributed by atoms with Crippen LogP contribution in [0.25, 0.3) is 11.2 Å². The van der Waals surface area contributed by atoms with Crippen molar-refractivity contribution in [3.63, 3.8) is 0 Å². The SMILES string of the molecule is O=c1[nH]c(=S)n2c3c1ncn3C(c1cccc(C(F)(F)F)c1)CC2. The van der Waals surface area contributed by atoms with E-state index in [0.717, 1.165) is 12.1 Å². The van der Waals surface area contributed by atoms with E-state index in [4.69, 9.17) is 12.2 Å². The Labute approximate surface area is 138 Å². The zero-order valence-electron chi connectivity index (χ0n) is 12.2. The van der Waals surface area contributed by atoms with Gasteiger partial charge in [-0.05, 0) is 36.3 Å². The van der Waals surface area contributed by atoms with E-state index in [9.17, 15) is 18.0 Å². The van der Waals surface area contributed by atoms with Gasteiger partial charge < -0.3 is 9.13 Å². The number of aromatic nitrogens is 4. The van der Waals surface area contributed by atoms with E-state index in [1.54, 1.807) is 15.2 Å². The molecule has 1 atom stereocenters. The molecular formula is C15H11F3N4OS. The molecule has 1 N–H and O–H groups in total. The van der Waals surface area contributed by atoms with Crippen molar-refractivity contribution in [1.82, 2.24) is 19.1 Å². The fraction of sp³-hybridized carbons (Fsp3) is 0.267. The topological polar surface area (TPSA) is 55.6 Å². The van der Waals surface area contributed by atoms with Crippen LogP contribution in [0.5, 0.6) is 0 Å². The lowest BCUT2D eigenvalue weighted by atomic mass is 9.99. The fourth-order valence-electron chi connectivity index (χ4n) is 3.18. The zero-order chi connectivity index (χ0) is 17.1. The summed E-state index contributed by atoms with van der Waals surface area (Å²) in [4.78, 5) is 18.6. The zero-order valence-corrected chi connectivity index (χ0v) is 13.0. The van der Waals surface area contributed by atoms with Crippen molar-refractivity contribution in [2.24, 2.45) is 0 Å². The highest BCUT2D eigenvalue weighted by atomic mass is 32.1. The predicted molar refractivity (Wildman–Crippen MR) is 83.4 cm³/mol. The summed E-state index contributed by atoms with van der Waals surface area (Å²) in [6.45, 7) is 0.499. The first-order valence-electron chi connectivity index (χ1n) is 7.23. The molecular weight excluding hydrogens is 341 g/mol. The summed E-state index contributed by atoms with van der Waals surface area (Å²) in [5, 5.41) is 0. The van der Waals surface area contributed by atoms with Gasteiger partial charge >= 0.3 is 6.18 Å². The molecule has 9 heteroatoms. The summed E-state index contributed by atoms with van der Waals surface area (Å²) < 4.78 is 42.7. The summed E-state index contributed by atoms with van der Waals surface area (Å²) in [5.74, 6) is 0. The van der Waals surface area contributed by atoms with E-state index >= 15 is 0 Å². The van der Waals surface area contributed by atoms with Gasteiger partial charge in [0.05, 0.1) is 17.9 Å². The van der Waals surface area contributed by atoms with E-state index in [-0.39, 0.29) is 16.3 Å². The number of rotatable bonds is 1. The van der Waals surface area contributed by atoms with Crippen LogP contribution >= 0.6 is 12.2 Å². The minimum absolute atomic E-state index is 0.236. The van der Waals surface area contributed by atoms with Gasteiger partial charge in [0, 0.05) is 6.54 Å². The van der Waals surface area contributed by atoms with Gasteiger partial charge in [-0.15, -0.1) is 0 Å². The van der Waals surface area contributed by atoms with Crippen molar-refractivity contribution >= 4 is 23.4 Å². The highest BCUT2D eigenvalue weighted by molar-refractivity contribution is 7.71. The maximum absolute atomic E-state index is 13.0. The van der Waals surface area contributed by atoms with E-state index in [1.165, 1.54) is 12.4 Å². The number of aromatic amines is 1. The number of nitrogens with one attached hydrogen (secondary N) is 1. The Bertz CT molecular complexity index is 1060. The first-order chi connectivity index (χ1) is 11.4. The van der Waals surface area contributed by atoms with Crippen LogP contribution in [0, 0.1) is 4.77 Å². The number of hydrogen-bond donors (Lipinski definition) is 1. The van der Waals surface area contributed by atoms with Crippen molar-refractivity contribution in [2.45, 2.75) is 25.2 Å². The van der Waals surface area contributed by atoms with Crippen LogP contribution in [0.3, 0.4) is 0 Å². The van der Waals surface area contributed by atoms with Crippen LogP contribution in [0.1, 0.15) is 23.6 Å². The van der Waals surface area contributed by atoms with Gasteiger partial charge in [-0.3, -0.25) is 9.78 Å². The van der Waals surface area contributed by atoms with Crippen molar-refractivity contribution in [2.75, 3.05) is 0 Å². The molecule has 0 fully saturated rings. The Morgan fingerprint density at radius 2 is 2.12 bits per heavy atom. The van der Waals surface area contributed by atoms with E-state index in [2.05, 4.69) is 9.97 Å². The summed E-state index contributed by atoms with van der Waals surface area (Å²) in [6, 6.07) is 4.92. The Kier molecular flexibility index (Phi) is 3.17. The first kappa shape index (κ1) is 15.1. The standard InChI is InChI=1S/C15H11F3N4OS/c16-15(17,18)9-3-1-2-8(6-9)10-4-5-21-13-11(19-7-22(10)13)12(23)20-14(21)24/h1-3,6-7,10H,4-5H2,(H,20,23,24). The number of halogens is 3. The van der Waals surface area contributed by atoms with E-state index < -0.39 is 17.3 Å². The molecule has 0 spiro atoms. The van der Waals surface area contributed by atoms with Crippen molar-refractivity contribution < 1.29 is 13.2 Å². The molecule has 0 aliphatic carbocycles. The van der Waals surface area contributed by atoms with Crippen molar-refractivity contribution in [3.8, 4) is 0 Å². The molecule has 1 aliphatic rings. The average Bonchev–Trinajstić information content (AvgIpc) is 2.97. The van der Waals surface area contributed by atoms with Gasteiger partial charge in [0.15, 0.2) is 10.3 Å². The van der Waals surface area contributed by atoms with Gasteiger partial charge in [0.25, 0.3) is 5.56 Å². The quantitative estimate of drug-likeness (QED) is 0.684.